The van der Waals surface area contributed by atoms with Crippen molar-refractivity contribution in [2.24, 2.45) is 0 Å². The number of benzene rings is 1. The number of likely N-dealkylation sites (N-methyl/N-ethyl adjacent to an activating group) is 1. The minimum atomic E-state index is -4.85. The first kappa shape index (κ1) is 20.7. The summed E-state index contributed by atoms with van der Waals surface area (Å²) in [5.41, 5.74) is -1.56. The molecule has 1 aliphatic heterocycles. The van der Waals surface area contributed by atoms with Crippen LogP contribution in [0.5, 0.6) is 0 Å². The van der Waals surface area contributed by atoms with E-state index in [0.29, 0.717) is 12.6 Å². The lowest BCUT2D eigenvalue weighted by atomic mass is 10.0. The van der Waals surface area contributed by atoms with Gasteiger partial charge in [0.25, 0.3) is 0 Å². The van der Waals surface area contributed by atoms with Crippen molar-refractivity contribution in [1.29, 1.82) is 0 Å². The van der Waals surface area contributed by atoms with Crippen LogP contribution >= 0.6 is 0 Å². The van der Waals surface area contributed by atoms with Crippen molar-refractivity contribution >= 4 is 11.6 Å². The second kappa shape index (κ2) is 8.37. The third-order valence-electron chi connectivity index (χ3n) is 4.67. The highest BCUT2D eigenvalue weighted by Gasteiger charge is 2.50. The Balaban J connectivity index is 1.85. The van der Waals surface area contributed by atoms with Gasteiger partial charge in [0.05, 0.1) is 6.42 Å². The van der Waals surface area contributed by atoms with Crippen molar-refractivity contribution in [3.63, 3.8) is 0 Å². The minimum absolute atomic E-state index is 0.410. The van der Waals surface area contributed by atoms with Crippen molar-refractivity contribution in [2.75, 3.05) is 38.0 Å². The van der Waals surface area contributed by atoms with Crippen molar-refractivity contribution < 1.29 is 23.1 Å². The molecule has 0 bridgehead atoms. The summed E-state index contributed by atoms with van der Waals surface area (Å²) in [6.45, 7) is 8.69. The highest BCUT2D eigenvalue weighted by molar-refractivity contribution is 5.91. The number of amides is 1. The molecule has 0 radical (unpaired) electrons. The summed E-state index contributed by atoms with van der Waals surface area (Å²) in [6.07, 6.45) is -5.89. The molecule has 146 valence electrons. The lowest BCUT2D eigenvalue weighted by Crippen LogP contribution is -2.45. The van der Waals surface area contributed by atoms with Crippen LogP contribution < -0.4 is 5.32 Å². The fourth-order valence-electron chi connectivity index (χ4n) is 2.83. The van der Waals surface area contributed by atoms with E-state index in [0.717, 1.165) is 44.8 Å². The normalized spacial score (nSPS) is 19.2. The number of rotatable bonds is 6. The Labute approximate surface area is 151 Å². The fourth-order valence-corrected chi connectivity index (χ4v) is 2.83. The maximum absolute atomic E-state index is 12.6. The molecule has 2 rings (SSSR count). The molecular weight excluding hydrogens is 347 g/mol. The lowest BCUT2D eigenvalue weighted by Gasteiger charge is -2.34. The fraction of sp³-hybridized carbons (Fsp3) is 0.611. The molecule has 1 aromatic rings. The Kier molecular flexibility index (Phi) is 6.65. The van der Waals surface area contributed by atoms with Crippen molar-refractivity contribution in [2.45, 2.75) is 38.6 Å². The number of alkyl halides is 3. The molecule has 0 spiro atoms. The van der Waals surface area contributed by atoms with Gasteiger partial charge in [-0.25, -0.2) is 0 Å². The van der Waals surface area contributed by atoms with Gasteiger partial charge in [-0.3, -0.25) is 9.69 Å². The number of nitrogens with zero attached hydrogens (tertiary/aromatic N) is 2. The molecule has 8 heteroatoms. The van der Waals surface area contributed by atoms with E-state index in [9.17, 15) is 23.1 Å². The average molecular weight is 373 g/mol. The second-order valence-electron chi connectivity index (χ2n) is 6.90. The topological polar surface area (TPSA) is 55.8 Å². The third kappa shape index (κ3) is 5.69. The van der Waals surface area contributed by atoms with Gasteiger partial charge in [0, 0.05) is 38.4 Å². The Morgan fingerprint density at radius 3 is 2.15 bits per heavy atom. The van der Waals surface area contributed by atoms with Gasteiger partial charge < -0.3 is 15.3 Å². The van der Waals surface area contributed by atoms with Gasteiger partial charge in [0.15, 0.2) is 5.60 Å². The number of anilines is 1. The Bertz CT molecular complexity index is 595. The standard InChI is InChI=1S/C18H26F3N3O2/c1-3-23-8-10-24(11-9-23)13-14-4-6-15(7-5-14)22-16(25)12-17(2,26)18(19,20)21/h4-7,26H,3,8-13H2,1-2H3,(H,22,25). The van der Waals surface area contributed by atoms with Gasteiger partial charge in [0.2, 0.25) is 5.91 Å². The van der Waals surface area contributed by atoms with Gasteiger partial charge in [0.1, 0.15) is 0 Å². The predicted octanol–water partition coefficient (Wildman–Crippen LogP) is 2.47. The van der Waals surface area contributed by atoms with Crippen molar-refractivity contribution in [1.82, 2.24) is 9.80 Å². The number of hydrogen-bond acceptors (Lipinski definition) is 4. The number of aliphatic hydroxyl groups is 1. The zero-order valence-corrected chi connectivity index (χ0v) is 15.1. The Morgan fingerprint density at radius 2 is 1.65 bits per heavy atom. The highest BCUT2D eigenvalue weighted by Crippen LogP contribution is 2.32. The van der Waals surface area contributed by atoms with E-state index in [1.807, 2.05) is 12.1 Å². The monoisotopic (exact) mass is 373 g/mol. The first-order valence-electron chi connectivity index (χ1n) is 8.73. The third-order valence-corrected chi connectivity index (χ3v) is 4.67. The van der Waals surface area contributed by atoms with E-state index >= 15 is 0 Å². The molecule has 5 nitrogen and oxygen atoms in total. The minimum Gasteiger partial charge on any atom is -0.380 e. The SMILES string of the molecule is CCN1CCN(Cc2ccc(NC(=O)CC(C)(O)C(F)(F)F)cc2)CC1. The largest absolute Gasteiger partial charge is 0.417 e. The first-order valence-corrected chi connectivity index (χ1v) is 8.73. The number of carbonyl (C=O) groups is 1. The highest BCUT2D eigenvalue weighted by atomic mass is 19.4. The molecule has 2 N–H and O–H groups in total. The van der Waals surface area contributed by atoms with E-state index in [1.165, 1.54) is 0 Å². The van der Waals surface area contributed by atoms with Gasteiger partial charge in [-0.15, -0.1) is 0 Å². The van der Waals surface area contributed by atoms with Crippen LogP contribution in [-0.2, 0) is 11.3 Å². The number of halogens is 3. The van der Waals surface area contributed by atoms with E-state index in [4.69, 9.17) is 0 Å². The van der Waals surface area contributed by atoms with E-state index < -0.39 is 24.1 Å². The number of piperazine rings is 1. The molecule has 1 heterocycles. The molecule has 0 saturated carbocycles. The molecular formula is C18H26F3N3O2. The summed E-state index contributed by atoms with van der Waals surface area (Å²) in [5, 5.41) is 11.8. The van der Waals surface area contributed by atoms with E-state index in [1.54, 1.807) is 12.1 Å². The summed E-state index contributed by atoms with van der Waals surface area (Å²) >= 11 is 0. The van der Waals surface area contributed by atoms with Gasteiger partial charge in [-0.2, -0.15) is 13.2 Å². The molecule has 1 fully saturated rings. The number of carbonyl (C=O) groups excluding carboxylic acids is 1. The van der Waals surface area contributed by atoms with Crippen LogP contribution in [0.4, 0.5) is 18.9 Å². The van der Waals surface area contributed by atoms with Crippen LogP contribution in [0.25, 0.3) is 0 Å². The van der Waals surface area contributed by atoms with Crippen LogP contribution in [0.15, 0.2) is 24.3 Å². The van der Waals surface area contributed by atoms with Crippen LogP contribution in [0.1, 0.15) is 25.8 Å². The molecule has 1 aliphatic rings. The Hall–Kier alpha value is -1.64. The van der Waals surface area contributed by atoms with E-state index in [-0.39, 0.29) is 0 Å². The smallest absolute Gasteiger partial charge is 0.380 e. The van der Waals surface area contributed by atoms with E-state index in [2.05, 4.69) is 22.0 Å². The molecule has 0 aromatic heterocycles. The molecule has 1 aromatic carbocycles. The summed E-state index contributed by atoms with van der Waals surface area (Å²) in [4.78, 5) is 16.5. The summed E-state index contributed by atoms with van der Waals surface area (Å²) in [6, 6.07) is 7.03. The van der Waals surface area contributed by atoms with Crippen LogP contribution in [0.2, 0.25) is 0 Å². The Morgan fingerprint density at radius 1 is 1.12 bits per heavy atom. The van der Waals surface area contributed by atoms with Crippen molar-refractivity contribution in [3.8, 4) is 0 Å². The molecule has 1 atom stereocenters. The summed E-state index contributed by atoms with van der Waals surface area (Å²) in [5.74, 6) is -0.879. The number of hydrogen-bond donors (Lipinski definition) is 2. The summed E-state index contributed by atoms with van der Waals surface area (Å²) in [7, 11) is 0. The van der Waals surface area contributed by atoms with Gasteiger partial charge in [-0.05, 0) is 31.2 Å². The summed E-state index contributed by atoms with van der Waals surface area (Å²) < 4.78 is 37.9. The first-order chi connectivity index (χ1) is 12.1. The molecule has 1 amide bonds. The zero-order valence-electron chi connectivity index (χ0n) is 15.1. The van der Waals surface area contributed by atoms with Gasteiger partial charge in [-0.1, -0.05) is 19.1 Å². The predicted molar refractivity (Wildman–Crippen MR) is 93.8 cm³/mol. The quantitative estimate of drug-likeness (QED) is 0.804. The van der Waals surface area contributed by atoms with Crippen molar-refractivity contribution in [3.05, 3.63) is 29.8 Å². The maximum Gasteiger partial charge on any atom is 0.417 e. The van der Waals surface area contributed by atoms with Gasteiger partial charge >= 0.3 is 6.18 Å². The average Bonchev–Trinajstić information content (AvgIpc) is 2.56. The van der Waals surface area contributed by atoms with Crippen LogP contribution in [0, 0.1) is 0 Å². The molecule has 0 aliphatic carbocycles. The van der Waals surface area contributed by atoms with Crippen LogP contribution in [0.3, 0.4) is 0 Å². The molecule has 1 unspecified atom stereocenters. The maximum atomic E-state index is 12.6. The lowest BCUT2D eigenvalue weighted by molar-refractivity contribution is -0.252. The number of nitrogens with one attached hydrogen (secondary N) is 1. The second-order valence-corrected chi connectivity index (χ2v) is 6.90. The van der Waals surface area contributed by atoms with Crippen LogP contribution in [-0.4, -0.2) is 65.3 Å². The molecule has 26 heavy (non-hydrogen) atoms. The zero-order chi connectivity index (χ0) is 19.4. The molecule has 1 saturated heterocycles.